The molecule has 2 fully saturated rings. The fourth-order valence-electron chi connectivity index (χ4n) is 2.88. The Kier molecular flexibility index (Phi) is 5.60. The van der Waals surface area contributed by atoms with Gasteiger partial charge < -0.3 is 14.8 Å². The first-order valence-corrected chi connectivity index (χ1v) is 8.68. The van der Waals surface area contributed by atoms with E-state index in [1.807, 2.05) is 0 Å². The average Bonchev–Trinajstić information content (AvgIpc) is 2.36. The zero-order valence-electron chi connectivity index (χ0n) is 11.3. The van der Waals surface area contributed by atoms with Crippen LogP contribution in [-0.4, -0.2) is 54.2 Å². The molecule has 5 heteroatoms. The number of ether oxygens (including phenoxy) is 2. The van der Waals surface area contributed by atoms with Crippen molar-refractivity contribution in [1.29, 1.82) is 0 Å². The zero-order valence-corrected chi connectivity index (χ0v) is 12.1. The second kappa shape index (κ2) is 6.98. The van der Waals surface area contributed by atoms with E-state index in [1.54, 1.807) is 6.26 Å². The van der Waals surface area contributed by atoms with Gasteiger partial charge in [-0.3, -0.25) is 4.21 Å². The molecule has 4 nitrogen and oxygen atoms in total. The van der Waals surface area contributed by atoms with Crippen molar-refractivity contribution in [2.24, 2.45) is 0 Å². The Bertz CT molecular complexity index is 274. The highest BCUT2D eigenvalue weighted by Crippen LogP contribution is 2.34. The highest BCUT2D eigenvalue weighted by molar-refractivity contribution is 7.84. The molecule has 0 aromatic rings. The fourth-order valence-corrected chi connectivity index (χ4v) is 3.43. The summed E-state index contributed by atoms with van der Waals surface area (Å²) in [6.07, 6.45) is 7.03. The highest BCUT2D eigenvalue weighted by atomic mass is 32.2. The van der Waals surface area contributed by atoms with E-state index >= 15 is 0 Å². The SMILES string of the molecule is CS(=O)CCCNC1CCOC2(CCOCC2)C1. The lowest BCUT2D eigenvalue weighted by atomic mass is 9.84. The standard InChI is InChI=1S/C13H25NO3S/c1-18(15)10-2-6-14-12-3-7-17-13(11-12)4-8-16-9-5-13/h12,14H,2-11H2,1H3. The second-order valence-electron chi connectivity index (χ2n) is 5.42. The van der Waals surface area contributed by atoms with Crippen molar-refractivity contribution < 1.29 is 13.7 Å². The molecule has 2 aliphatic heterocycles. The molecule has 0 saturated carbocycles. The summed E-state index contributed by atoms with van der Waals surface area (Å²) in [6.45, 7) is 3.50. The van der Waals surface area contributed by atoms with E-state index in [0.29, 0.717) is 6.04 Å². The minimum absolute atomic E-state index is 0.0712. The minimum atomic E-state index is -0.664. The molecular weight excluding hydrogens is 250 g/mol. The van der Waals surface area contributed by atoms with Gasteiger partial charge in [0.05, 0.1) is 5.60 Å². The Morgan fingerprint density at radius 2 is 2.11 bits per heavy atom. The van der Waals surface area contributed by atoms with Gasteiger partial charge in [0.25, 0.3) is 0 Å². The maximum absolute atomic E-state index is 11.0. The van der Waals surface area contributed by atoms with Crippen LogP contribution in [0, 0.1) is 0 Å². The fraction of sp³-hybridized carbons (Fsp3) is 1.00. The molecule has 0 aliphatic carbocycles. The number of hydrogen-bond acceptors (Lipinski definition) is 4. The quantitative estimate of drug-likeness (QED) is 0.763. The van der Waals surface area contributed by atoms with Crippen molar-refractivity contribution in [2.45, 2.75) is 43.7 Å². The third-order valence-electron chi connectivity index (χ3n) is 3.94. The molecule has 0 aromatic carbocycles. The second-order valence-corrected chi connectivity index (χ2v) is 6.97. The molecule has 2 atom stereocenters. The smallest absolute Gasteiger partial charge is 0.0741 e. The number of hydrogen-bond donors (Lipinski definition) is 1. The van der Waals surface area contributed by atoms with Gasteiger partial charge in [-0.15, -0.1) is 0 Å². The Morgan fingerprint density at radius 1 is 1.33 bits per heavy atom. The molecule has 1 spiro atoms. The lowest BCUT2D eigenvalue weighted by molar-refractivity contribution is -0.140. The van der Waals surface area contributed by atoms with Gasteiger partial charge in [0.2, 0.25) is 0 Å². The molecule has 2 unspecified atom stereocenters. The van der Waals surface area contributed by atoms with Gasteiger partial charge in [-0.2, -0.15) is 0 Å². The largest absolute Gasteiger partial charge is 0.381 e. The highest BCUT2D eigenvalue weighted by Gasteiger charge is 2.38. The lowest BCUT2D eigenvalue weighted by Gasteiger charge is -2.43. The molecule has 0 amide bonds. The molecule has 18 heavy (non-hydrogen) atoms. The molecule has 2 rings (SSSR count). The van der Waals surface area contributed by atoms with Crippen molar-refractivity contribution in [3.63, 3.8) is 0 Å². The summed E-state index contributed by atoms with van der Waals surface area (Å²) in [7, 11) is -0.664. The first-order valence-electron chi connectivity index (χ1n) is 6.95. The lowest BCUT2D eigenvalue weighted by Crippen LogP contribution is -2.50. The van der Waals surface area contributed by atoms with Gasteiger partial charge in [0.1, 0.15) is 0 Å². The van der Waals surface area contributed by atoms with Crippen LogP contribution in [0.5, 0.6) is 0 Å². The molecule has 2 heterocycles. The van der Waals surface area contributed by atoms with Crippen molar-refractivity contribution in [3.05, 3.63) is 0 Å². The predicted octanol–water partition coefficient (Wildman–Crippen LogP) is 1.07. The predicted molar refractivity (Wildman–Crippen MR) is 73.3 cm³/mol. The summed E-state index contributed by atoms with van der Waals surface area (Å²) in [4.78, 5) is 0. The van der Waals surface area contributed by atoms with Gasteiger partial charge in [-0.05, 0) is 38.6 Å². The zero-order chi connectivity index (χ0) is 12.8. The van der Waals surface area contributed by atoms with Crippen molar-refractivity contribution in [1.82, 2.24) is 5.32 Å². The Balaban J connectivity index is 1.71. The van der Waals surface area contributed by atoms with Gasteiger partial charge in [-0.25, -0.2) is 0 Å². The van der Waals surface area contributed by atoms with Crippen LogP contribution in [-0.2, 0) is 20.3 Å². The monoisotopic (exact) mass is 275 g/mol. The number of rotatable bonds is 5. The molecule has 2 saturated heterocycles. The minimum Gasteiger partial charge on any atom is -0.381 e. The Hall–Kier alpha value is 0.0300. The number of nitrogens with one attached hydrogen (secondary N) is 1. The Labute approximate surface area is 112 Å². The summed E-state index contributed by atoms with van der Waals surface area (Å²) in [5, 5.41) is 3.59. The van der Waals surface area contributed by atoms with E-state index < -0.39 is 10.8 Å². The molecule has 1 N–H and O–H groups in total. The van der Waals surface area contributed by atoms with Crippen LogP contribution in [0.3, 0.4) is 0 Å². The Morgan fingerprint density at radius 3 is 2.83 bits per heavy atom. The van der Waals surface area contributed by atoms with Crippen molar-refractivity contribution in [3.8, 4) is 0 Å². The van der Waals surface area contributed by atoms with Gasteiger partial charge >= 0.3 is 0 Å². The van der Waals surface area contributed by atoms with E-state index in [0.717, 1.165) is 64.2 Å². The maximum Gasteiger partial charge on any atom is 0.0741 e. The van der Waals surface area contributed by atoms with Crippen LogP contribution >= 0.6 is 0 Å². The van der Waals surface area contributed by atoms with Crippen LogP contribution in [0.25, 0.3) is 0 Å². The van der Waals surface area contributed by atoms with Crippen LogP contribution < -0.4 is 5.32 Å². The molecule has 106 valence electrons. The van der Waals surface area contributed by atoms with Crippen LogP contribution in [0.4, 0.5) is 0 Å². The summed E-state index contributed by atoms with van der Waals surface area (Å²) in [6, 6.07) is 0.558. The maximum atomic E-state index is 11.0. The molecule has 0 radical (unpaired) electrons. The topological polar surface area (TPSA) is 47.6 Å². The van der Waals surface area contributed by atoms with E-state index in [-0.39, 0.29) is 5.60 Å². The summed E-state index contributed by atoms with van der Waals surface area (Å²) in [5.41, 5.74) is 0.0712. The van der Waals surface area contributed by atoms with Crippen LogP contribution in [0.15, 0.2) is 0 Å². The first-order chi connectivity index (χ1) is 8.70. The average molecular weight is 275 g/mol. The van der Waals surface area contributed by atoms with E-state index in [2.05, 4.69) is 5.32 Å². The summed E-state index contributed by atoms with van der Waals surface area (Å²) >= 11 is 0. The van der Waals surface area contributed by atoms with Gasteiger partial charge in [0, 0.05) is 48.7 Å². The van der Waals surface area contributed by atoms with Crippen LogP contribution in [0.1, 0.15) is 32.1 Å². The van der Waals surface area contributed by atoms with Crippen molar-refractivity contribution >= 4 is 10.8 Å². The van der Waals surface area contributed by atoms with Crippen molar-refractivity contribution in [2.75, 3.05) is 38.4 Å². The first kappa shape index (κ1) is 14.4. The third kappa shape index (κ3) is 4.30. The van der Waals surface area contributed by atoms with E-state index in [1.165, 1.54) is 0 Å². The van der Waals surface area contributed by atoms with Crippen LogP contribution in [0.2, 0.25) is 0 Å². The molecule has 0 aromatic heterocycles. The normalized spacial score (nSPS) is 29.3. The van der Waals surface area contributed by atoms with E-state index in [4.69, 9.17) is 9.47 Å². The summed E-state index contributed by atoms with van der Waals surface area (Å²) < 4.78 is 22.4. The molecule has 2 aliphatic rings. The van der Waals surface area contributed by atoms with Gasteiger partial charge in [0.15, 0.2) is 0 Å². The molecular formula is C13H25NO3S. The molecule has 0 bridgehead atoms. The van der Waals surface area contributed by atoms with Gasteiger partial charge in [-0.1, -0.05) is 0 Å². The third-order valence-corrected chi connectivity index (χ3v) is 4.80. The summed E-state index contributed by atoms with van der Waals surface area (Å²) in [5.74, 6) is 0.801. The van der Waals surface area contributed by atoms with E-state index in [9.17, 15) is 4.21 Å².